The highest BCUT2D eigenvalue weighted by molar-refractivity contribution is 6.03. The molecule has 26 heteroatoms. The van der Waals surface area contributed by atoms with Crippen LogP contribution in [0.1, 0.15) is 43.5 Å². The Bertz CT molecular complexity index is 3780. The summed E-state index contributed by atoms with van der Waals surface area (Å²) in [6.07, 6.45) is 6.22. The first-order valence-corrected chi connectivity index (χ1v) is 24.5. The monoisotopic (exact) mass is 1150 g/mol. The molecule has 3 aromatic heterocycles. The molecule has 0 saturated carbocycles. The van der Waals surface area contributed by atoms with E-state index in [0.29, 0.717) is 11.1 Å². The van der Waals surface area contributed by atoms with Crippen LogP contribution in [0.2, 0.25) is 0 Å². The van der Waals surface area contributed by atoms with Crippen molar-refractivity contribution in [3.63, 3.8) is 0 Å². The molecule has 0 amide bonds. The number of nitrogens with zero attached hydrogens (tertiary/aromatic N) is 2. The van der Waals surface area contributed by atoms with E-state index in [1.165, 1.54) is 72.8 Å². The molecule has 0 saturated heterocycles. The topological polar surface area (TPSA) is 411 Å². The minimum atomic E-state index is -1.45. The highest BCUT2D eigenvalue weighted by Crippen LogP contribution is 2.49. The summed E-state index contributed by atoms with van der Waals surface area (Å²) in [5.41, 5.74) is 2.26. The molecule has 5 heterocycles. The predicted molar refractivity (Wildman–Crippen MR) is 293 cm³/mol. The number of hydrogen-bond donors (Lipinski definition) is 10. The lowest BCUT2D eigenvalue weighted by Crippen LogP contribution is -2.14. The summed E-state index contributed by atoms with van der Waals surface area (Å²) in [6, 6.07) is 22.4. The molecule has 0 fully saturated rings. The lowest BCUT2D eigenvalue weighted by Gasteiger charge is -2.18. The summed E-state index contributed by atoms with van der Waals surface area (Å²) in [7, 11) is 0. The van der Waals surface area contributed by atoms with Gasteiger partial charge >= 0.3 is 47.8 Å². The van der Waals surface area contributed by atoms with Crippen molar-refractivity contribution in [3.8, 4) is 79.0 Å². The van der Waals surface area contributed by atoms with Gasteiger partial charge in [0.05, 0.1) is 45.0 Å². The molecule has 9 rings (SSSR count). The number of rotatable bonds is 24. The Kier molecular flexibility index (Phi) is 16.3. The molecule has 7 aromatic rings. The van der Waals surface area contributed by atoms with Gasteiger partial charge in [0, 0.05) is 68.6 Å². The van der Waals surface area contributed by atoms with Gasteiger partial charge in [0.1, 0.15) is 34.5 Å². The number of aromatic carboxylic acids is 2. The van der Waals surface area contributed by atoms with Crippen LogP contribution in [-0.2, 0) is 28.8 Å². The van der Waals surface area contributed by atoms with Crippen LogP contribution < -0.4 is 28.4 Å². The number of benzene rings is 4. The van der Waals surface area contributed by atoms with Crippen molar-refractivity contribution < 1.29 is 108 Å². The van der Waals surface area contributed by atoms with Crippen molar-refractivity contribution in [3.05, 3.63) is 131 Å². The number of H-pyrrole nitrogens is 2. The van der Waals surface area contributed by atoms with E-state index >= 15 is 0 Å². The van der Waals surface area contributed by atoms with Crippen LogP contribution in [0, 0.1) is 0 Å². The molecule has 2 aliphatic heterocycles. The molecule has 84 heavy (non-hydrogen) atoms. The average molecular weight is 1150 g/mol. The molecular formula is C58H42N4O22. The minimum absolute atomic E-state index is 0.0591. The fourth-order valence-electron chi connectivity index (χ4n) is 8.99. The zero-order chi connectivity index (χ0) is 59.9. The van der Waals surface area contributed by atoms with Crippen LogP contribution in [0.5, 0.6) is 34.5 Å². The third-order valence-electron chi connectivity index (χ3n) is 12.3. The van der Waals surface area contributed by atoms with Crippen molar-refractivity contribution >= 4 is 94.1 Å². The second-order valence-corrected chi connectivity index (χ2v) is 18.0. The number of aromatic amines is 2. The molecule has 0 unspecified atom stereocenters. The van der Waals surface area contributed by atoms with Gasteiger partial charge in [-0.05, 0) is 84.0 Å². The fraction of sp³-hybridized carbons (Fsp3) is 0.103. The maximum atomic E-state index is 12.2. The Labute approximate surface area is 469 Å². The molecular weight excluding hydrogens is 1100 g/mol. The highest BCUT2D eigenvalue weighted by atomic mass is 16.5. The first kappa shape index (κ1) is 56.7. The summed E-state index contributed by atoms with van der Waals surface area (Å²) in [4.78, 5) is 113. The zero-order valence-corrected chi connectivity index (χ0v) is 43.0. The lowest BCUT2D eigenvalue weighted by molar-refractivity contribution is -0.140. The van der Waals surface area contributed by atoms with E-state index in [9.17, 15) is 79.2 Å². The van der Waals surface area contributed by atoms with Gasteiger partial charge in [-0.25, -0.2) is 48.3 Å². The van der Waals surface area contributed by atoms with Crippen LogP contribution in [-0.4, -0.2) is 148 Å². The van der Waals surface area contributed by atoms with Gasteiger partial charge < -0.3 is 79.2 Å². The second-order valence-electron chi connectivity index (χ2n) is 18.0. The first-order valence-electron chi connectivity index (χ1n) is 24.5. The molecule has 0 aliphatic carbocycles. The number of aliphatic carboxylic acids is 6. The van der Waals surface area contributed by atoms with Gasteiger partial charge in [-0.3, -0.25) is 0 Å². The molecule has 4 aromatic carbocycles. The number of ether oxygens (including phenoxy) is 6. The van der Waals surface area contributed by atoms with Gasteiger partial charge in [0.2, 0.25) is 0 Å². The predicted octanol–water partition coefficient (Wildman–Crippen LogP) is 7.50. The maximum absolute atomic E-state index is 12.2. The smallest absolute Gasteiger partial charge is 0.341 e. The van der Waals surface area contributed by atoms with Crippen molar-refractivity contribution in [2.24, 2.45) is 0 Å². The first-order chi connectivity index (χ1) is 40.2. The van der Waals surface area contributed by atoms with E-state index in [1.807, 2.05) is 0 Å². The summed E-state index contributed by atoms with van der Waals surface area (Å²) in [5.74, 6) is -12.8. The van der Waals surface area contributed by atoms with E-state index in [1.54, 1.807) is 48.6 Å². The Morgan fingerprint density at radius 2 is 0.571 bits per heavy atom. The third-order valence-corrected chi connectivity index (χ3v) is 12.3. The van der Waals surface area contributed by atoms with E-state index in [4.69, 9.17) is 38.4 Å². The molecule has 0 spiro atoms. The summed E-state index contributed by atoms with van der Waals surface area (Å²) < 4.78 is 34.4. The van der Waals surface area contributed by atoms with Crippen molar-refractivity contribution in [1.82, 2.24) is 19.9 Å². The number of aromatic nitrogens is 4. The van der Waals surface area contributed by atoms with E-state index in [0.717, 1.165) is 0 Å². The molecule has 0 radical (unpaired) electrons. The van der Waals surface area contributed by atoms with Crippen LogP contribution in [0.3, 0.4) is 0 Å². The van der Waals surface area contributed by atoms with Gasteiger partial charge in [-0.1, -0.05) is 24.3 Å². The molecule has 10 N–H and O–H groups in total. The quantitative estimate of drug-likeness (QED) is 0.0280. The Morgan fingerprint density at radius 3 is 0.833 bits per heavy atom. The summed E-state index contributed by atoms with van der Waals surface area (Å²) in [6.45, 7) is -5.77. The summed E-state index contributed by atoms with van der Waals surface area (Å²) >= 11 is 0. The van der Waals surface area contributed by atoms with Crippen LogP contribution >= 0.6 is 0 Å². The fourth-order valence-corrected chi connectivity index (χ4v) is 8.99. The van der Waals surface area contributed by atoms with E-state index in [-0.39, 0.29) is 124 Å². The minimum Gasteiger partial charge on any atom is -0.482 e. The van der Waals surface area contributed by atoms with Crippen molar-refractivity contribution in [2.75, 3.05) is 39.6 Å². The van der Waals surface area contributed by atoms with Crippen LogP contribution in [0.4, 0.5) is 0 Å². The van der Waals surface area contributed by atoms with E-state index < -0.39 is 87.4 Å². The van der Waals surface area contributed by atoms with Crippen LogP contribution in [0.25, 0.3) is 90.9 Å². The molecule has 0 atom stereocenters. The van der Waals surface area contributed by atoms with Gasteiger partial charge in [0.15, 0.2) is 39.6 Å². The van der Waals surface area contributed by atoms with Gasteiger partial charge in [-0.2, -0.15) is 0 Å². The highest BCUT2D eigenvalue weighted by Gasteiger charge is 2.28. The lowest BCUT2D eigenvalue weighted by atomic mass is 10.0. The Hall–Kier alpha value is -12.0. The van der Waals surface area contributed by atoms with Crippen LogP contribution in [0.15, 0.2) is 97.1 Å². The number of nitrogens with one attached hydrogen (secondary N) is 2. The number of fused-ring (bicyclic) bond motifs is 8. The number of hydrogen-bond acceptors (Lipinski definition) is 16. The van der Waals surface area contributed by atoms with Crippen molar-refractivity contribution in [1.29, 1.82) is 0 Å². The number of carbonyl (C=O) groups is 8. The maximum Gasteiger partial charge on any atom is 0.341 e. The van der Waals surface area contributed by atoms with E-state index in [2.05, 4.69) is 9.97 Å². The Balaban J connectivity index is 1.49. The SMILES string of the molecule is O=C(O)COc1cc(OCC(=O)O)c(-c2c3nc(c(-c4ccc(C(=O)O)cc4)c4ccc([nH]4)c(-c4c(OCC(=O)O)cc(OCC(=O)O)cc4OCC(=O)O)c4nc(c(-c5ccc(C(=O)O)cc5)c5ccc2[nH]5)C=C4)C=C3)c(OCC(=O)O)c1. The van der Waals surface area contributed by atoms with Gasteiger partial charge in [-0.15, -0.1) is 0 Å². The summed E-state index contributed by atoms with van der Waals surface area (Å²) in [5, 5.41) is 78.4. The largest absolute Gasteiger partial charge is 0.482 e. The molecule has 426 valence electrons. The average Bonchev–Trinajstić information content (AvgIpc) is 3.14. The standard InChI is InChI=1S/C58H42N4O22/c63-45(64)21-79-31-17-41(81-23-47(67)68)55(42(18-31)82-24-48(69)70)53-37-13-9-33(59-37)51(27-1-5-29(6-2-27)57(75)76)34-10-14-38(60-34)54(56-43(83-25-49(71)72)19-32(80-22-46(65)66)20-44(56)84-26-50(73)74)40-16-12-36(62-40)52(35-11-15-39(53)61-35)28-3-7-30(8-4-28)58(77)78/h1-20,59,62H,21-26H2,(H,63,64)(H,65,66)(H,67,68)(H,69,70)(H,71,72)(H,73,74)(H,75,76)(H,77,78). The van der Waals surface area contributed by atoms with Gasteiger partial charge in [0.25, 0.3) is 0 Å². The second kappa shape index (κ2) is 24.2. The zero-order valence-electron chi connectivity index (χ0n) is 43.0. The van der Waals surface area contributed by atoms with Crippen molar-refractivity contribution in [2.45, 2.75) is 0 Å². The normalized spacial score (nSPS) is 11.3. The molecule has 8 bridgehead atoms. The Morgan fingerprint density at radius 1 is 0.321 bits per heavy atom. The number of carboxylic acids is 8. The molecule has 2 aliphatic rings. The number of carboxylic acid groups (broad SMARTS) is 8. The third kappa shape index (κ3) is 12.7. The molecule has 26 nitrogen and oxygen atoms in total.